The summed E-state index contributed by atoms with van der Waals surface area (Å²) < 4.78 is 1.52. The second-order valence-electron chi connectivity index (χ2n) is 4.75. The van der Waals surface area contributed by atoms with Gasteiger partial charge in [0.25, 0.3) is 5.95 Å². The van der Waals surface area contributed by atoms with E-state index >= 15 is 0 Å². The molecule has 0 spiro atoms. The Morgan fingerprint density at radius 2 is 2.00 bits per heavy atom. The molecule has 0 unspecified atom stereocenters. The van der Waals surface area contributed by atoms with E-state index in [9.17, 15) is 0 Å². The number of rotatable bonds is 8. The van der Waals surface area contributed by atoms with Gasteiger partial charge in [-0.15, -0.1) is 26.7 Å². The van der Waals surface area contributed by atoms with Crippen LogP contribution in [0.2, 0.25) is 0 Å². The first-order chi connectivity index (χ1) is 12.7. The number of aliphatic hydroxyl groups excluding tert-OH is 1. The molecule has 0 bridgehead atoms. The van der Waals surface area contributed by atoms with Crippen molar-refractivity contribution in [2.24, 2.45) is 10.2 Å². The van der Waals surface area contributed by atoms with Gasteiger partial charge in [0, 0.05) is 32.2 Å². The lowest BCUT2D eigenvalue weighted by molar-refractivity contribution is 0.311. The first-order valence-electron chi connectivity index (χ1n) is 7.60. The van der Waals surface area contributed by atoms with Crippen molar-refractivity contribution in [3.63, 3.8) is 0 Å². The Bertz CT molecular complexity index is 876. The van der Waals surface area contributed by atoms with Gasteiger partial charge in [0.1, 0.15) is 6.33 Å². The van der Waals surface area contributed by atoms with Gasteiger partial charge in [-0.1, -0.05) is 0 Å². The van der Waals surface area contributed by atoms with Gasteiger partial charge in [-0.05, 0) is 0 Å². The fourth-order valence-corrected chi connectivity index (χ4v) is 2.51. The second-order valence-corrected chi connectivity index (χ2v) is 5.62. The normalized spacial score (nSPS) is 11.0. The smallest absolute Gasteiger partial charge is 0.287 e. The Hall–Kier alpha value is -3.19. The number of nitrogens with one attached hydrogen (secondary N) is 3. The summed E-state index contributed by atoms with van der Waals surface area (Å²) in [5.74, 6) is 1.46. The van der Waals surface area contributed by atoms with Crippen LogP contribution in [0.5, 0.6) is 0 Å². The van der Waals surface area contributed by atoms with Gasteiger partial charge in [0.05, 0.1) is 6.61 Å². The molecule has 0 aliphatic carbocycles. The molecular weight excluding hydrogens is 358 g/mol. The van der Waals surface area contributed by atoms with Crippen molar-refractivity contribution in [1.29, 1.82) is 0 Å². The third-order valence-electron chi connectivity index (χ3n) is 3.08. The van der Waals surface area contributed by atoms with Crippen molar-refractivity contribution >= 4 is 40.6 Å². The molecule has 3 heterocycles. The van der Waals surface area contributed by atoms with E-state index < -0.39 is 0 Å². The SMILES string of the molecule is CNc1nc(NC)c(/N=N/c2ncn(-c3nccs3)n2)c(NCCO)n1. The van der Waals surface area contributed by atoms with E-state index in [1.807, 2.05) is 5.38 Å². The molecule has 3 aromatic rings. The van der Waals surface area contributed by atoms with Gasteiger partial charge in [0.15, 0.2) is 17.3 Å². The van der Waals surface area contributed by atoms with E-state index in [2.05, 4.69) is 51.2 Å². The topological polar surface area (TPSA) is 150 Å². The summed E-state index contributed by atoms with van der Waals surface area (Å²) in [5, 5.41) is 32.8. The minimum atomic E-state index is -0.0515. The van der Waals surface area contributed by atoms with Gasteiger partial charge in [-0.25, -0.2) is 4.98 Å². The molecule has 3 rings (SSSR count). The summed E-state index contributed by atoms with van der Waals surface area (Å²) >= 11 is 1.43. The van der Waals surface area contributed by atoms with Crippen molar-refractivity contribution in [1.82, 2.24) is 29.7 Å². The molecule has 0 aliphatic heterocycles. The van der Waals surface area contributed by atoms with Crippen molar-refractivity contribution in [2.75, 3.05) is 43.2 Å². The molecule has 136 valence electrons. The van der Waals surface area contributed by atoms with Crippen LogP contribution >= 0.6 is 11.3 Å². The molecule has 0 aromatic carbocycles. The molecule has 0 amide bonds. The highest BCUT2D eigenvalue weighted by atomic mass is 32.1. The molecule has 12 nitrogen and oxygen atoms in total. The lowest BCUT2D eigenvalue weighted by atomic mass is 10.4. The lowest BCUT2D eigenvalue weighted by Crippen LogP contribution is -2.10. The maximum Gasteiger partial charge on any atom is 0.287 e. The third-order valence-corrected chi connectivity index (χ3v) is 3.84. The molecule has 3 aromatic heterocycles. The number of anilines is 3. The van der Waals surface area contributed by atoms with Crippen LogP contribution in [0.15, 0.2) is 28.1 Å². The number of hydrogen-bond donors (Lipinski definition) is 4. The number of azo groups is 1. The summed E-state index contributed by atoms with van der Waals surface area (Å²) in [4.78, 5) is 16.8. The van der Waals surface area contributed by atoms with Crippen molar-refractivity contribution in [2.45, 2.75) is 0 Å². The Balaban J connectivity index is 1.91. The number of aromatic nitrogens is 6. The molecule has 0 radical (unpaired) electrons. The summed E-state index contributed by atoms with van der Waals surface area (Å²) in [7, 11) is 3.42. The highest BCUT2D eigenvalue weighted by Crippen LogP contribution is 2.32. The summed E-state index contributed by atoms with van der Waals surface area (Å²) in [6.07, 6.45) is 3.19. The van der Waals surface area contributed by atoms with Gasteiger partial charge in [0.2, 0.25) is 11.1 Å². The molecule has 0 saturated heterocycles. The van der Waals surface area contributed by atoms with Crippen LogP contribution in [0.3, 0.4) is 0 Å². The Labute approximate surface area is 152 Å². The lowest BCUT2D eigenvalue weighted by Gasteiger charge is -2.11. The number of aliphatic hydroxyl groups is 1. The Morgan fingerprint density at radius 3 is 2.69 bits per heavy atom. The largest absolute Gasteiger partial charge is 0.395 e. The zero-order valence-electron chi connectivity index (χ0n) is 14.1. The van der Waals surface area contributed by atoms with Crippen LogP contribution in [0.4, 0.5) is 29.2 Å². The van der Waals surface area contributed by atoms with Crippen LogP contribution in [0.25, 0.3) is 5.13 Å². The first-order valence-corrected chi connectivity index (χ1v) is 8.48. The third kappa shape index (κ3) is 3.89. The minimum Gasteiger partial charge on any atom is -0.395 e. The fraction of sp³-hybridized carbons (Fsp3) is 0.308. The molecule has 0 fully saturated rings. The highest BCUT2D eigenvalue weighted by molar-refractivity contribution is 7.12. The maximum atomic E-state index is 9.05. The van der Waals surface area contributed by atoms with E-state index in [0.717, 1.165) is 0 Å². The summed E-state index contributed by atoms with van der Waals surface area (Å²) in [6, 6.07) is 0. The molecular formula is C13H17N11OS. The molecule has 13 heteroatoms. The van der Waals surface area contributed by atoms with E-state index in [1.165, 1.54) is 22.3 Å². The zero-order chi connectivity index (χ0) is 18.4. The predicted molar refractivity (Wildman–Crippen MR) is 97.9 cm³/mol. The summed E-state index contributed by atoms with van der Waals surface area (Å²) in [5.41, 5.74) is 0.380. The van der Waals surface area contributed by atoms with Gasteiger partial charge in [-0.3, -0.25) is 0 Å². The van der Waals surface area contributed by atoms with E-state index in [4.69, 9.17) is 5.11 Å². The Morgan fingerprint density at radius 1 is 1.15 bits per heavy atom. The zero-order valence-corrected chi connectivity index (χ0v) is 14.9. The van der Waals surface area contributed by atoms with Crippen LogP contribution in [-0.4, -0.2) is 62.1 Å². The quantitative estimate of drug-likeness (QED) is 0.428. The fourth-order valence-electron chi connectivity index (χ4n) is 1.95. The van der Waals surface area contributed by atoms with E-state index in [-0.39, 0.29) is 12.6 Å². The van der Waals surface area contributed by atoms with Gasteiger partial charge in [-0.2, -0.15) is 19.6 Å². The molecule has 0 aliphatic rings. The number of hydrogen-bond acceptors (Lipinski definition) is 12. The monoisotopic (exact) mass is 375 g/mol. The van der Waals surface area contributed by atoms with Crippen LogP contribution < -0.4 is 16.0 Å². The predicted octanol–water partition coefficient (Wildman–Crippen LogP) is 1.42. The van der Waals surface area contributed by atoms with Crippen molar-refractivity contribution in [3.8, 4) is 5.13 Å². The van der Waals surface area contributed by atoms with Crippen LogP contribution in [0, 0.1) is 0 Å². The van der Waals surface area contributed by atoms with Gasteiger partial charge < -0.3 is 21.1 Å². The van der Waals surface area contributed by atoms with E-state index in [1.54, 1.807) is 20.3 Å². The molecule has 26 heavy (non-hydrogen) atoms. The molecule has 4 N–H and O–H groups in total. The van der Waals surface area contributed by atoms with Crippen LogP contribution in [-0.2, 0) is 0 Å². The van der Waals surface area contributed by atoms with E-state index in [0.29, 0.717) is 34.9 Å². The van der Waals surface area contributed by atoms with Crippen LogP contribution in [0.1, 0.15) is 0 Å². The van der Waals surface area contributed by atoms with Gasteiger partial charge >= 0.3 is 0 Å². The first kappa shape index (κ1) is 17.6. The number of nitrogens with zero attached hydrogens (tertiary/aromatic N) is 8. The number of thiazole rings is 1. The average molecular weight is 375 g/mol. The highest BCUT2D eigenvalue weighted by Gasteiger charge is 2.14. The minimum absolute atomic E-state index is 0.0515. The standard InChI is InChI=1S/C13H17N11OS/c1-14-9-8(10(16-3-5-25)20-11(15-2)19-9)21-22-12-18-7-24(23-12)13-17-4-6-26-13/h4,6-7,25H,3,5H2,1-2H3,(H3,14,15,16,19,20)/b22-21+. The Kier molecular flexibility index (Phi) is 5.60. The molecule has 0 atom stereocenters. The second kappa shape index (κ2) is 8.26. The summed E-state index contributed by atoms with van der Waals surface area (Å²) in [6.45, 7) is 0.257. The average Bonchev–Trinajstić information content (AvgIpc) is 3.35. The molecule has 0 saturated carbocycles. The van der Waals surface area contributed by atoms with Crippen molar-refractivity contribution < 1.29 is 5.11 Å². The van der Waals surface area contributed by atoms with Crippen molar-refractivity contribution in [3.05, 3.63) is 17.9 Å². The maximum absolute atomic E-state index is 9.05.